The van der Waals surface area contributed by atoms with Crippen LogP contribution in [0, 0.1) is 0 Å². The molecular formula is C33H36N2O8. The largest absolute Gasteiger partial charge is 0.466 e. The fourth-order valence-corrected chi connectivity index (χ4v) is 4.23. The molecule has 10 nitrogen and oxygen atoms in total. The van der Waals surface area contributed by atoms with E-state index in [9.17, 15) is 19.2 Å². The third kappa shape index (κ3) is 9.68. The Kier molecular flexibility index (Phi) is 11.3. The van der Waals surface area contributed by atoms with Gasteiger partial charge in [-0.1, -0.05) is 13.3 Å². The molecule has 0 saturated carbocycles. The summed E-state index contributed by atoms with van der Waals surface area (Å²) in [6.07, 6.45) is 1.52. The lowest BCUT2D eigenvalue weighted by Gasteiger charge is -2.34. The molecule has 10 heteroatoms. The van der Waals surface area contributed by atoms with Crippen molar-refractivity contribution in [3.8, 4) is 17.2 Å². The van der Waals surface area contributed by atoms with Crippen molar-refractivity contribution in [1.29, 1.82) is 0 Å². The fourth-order valence-electron chi connectivity index (χ4n) is 4.23. The Balaban J connectivity index is 1.22. The van der Waals surface area contributed by atoms with Crippen LogP contribution in [-0.2, 0) is 14.3 Å². The van der Waals surface area contributed by atoms with Crippen molar-refractivity contribution in [2.24, 2.45) is 0 Å². The number of piperazine rings is 1. The number of esters is 4. The molecule has 0 amide bonds. The van der Waals surface area contributed by atoms with Gasteiger partial charge in [-0.2, -0.15) is 0 Å². The lowest BCUT2D eigenvalue weighted by molar-refractivity contribution is -0.147. The standard InChI is InChI=1S/C33H36N2O8/c1-3-4-23-40-30(36)17-18-31(37)41-27-11-5-24(6-12-27)32(38)42-28-13-7-25(8-14-28)33(39)43-29-15-9-26(10-16-29)35-21-19-34(2)20-22-35/h5-16H,3-4,17-23H2,1-2H3. The number of anilines is 1. The first kappa shape index (κ1) is 31.2. The summed E-state index contributed by atoms with van der Waals surface area (Å²) in [7, 11) is 2.11. The molecule has 1 aliphatic rings. The van der Waals surface area contributed by atoms with Crippen LogP contribution >= 0.6 is 0 Å². The number of hydrogen-bond donors (Lipinski definition) is 0. The van der Waals surface area contributed by atoms with Gasteiger partial charge in [0.2, 0.25) is 0 Å². The second kappa shape index (κ2) is 15.5. The van der Waals surface area contributed by atoms with Crippen molar-refractivity contribution < 1.29 is 38.1 Å². The highest BCUT2D eigenvalue weighted by molar-refractivity contribution is 5.93. The first-order valence-electron chi connectivity index (χ1n) is 14.3. The Labute approximate surface area is 251 Å². The molecule has 3 aromatic carbocycles. The van der Waals surface area contributed by atoms with Crippen LogP contribution in [0.4, 0.5) is 5.69 Å². The van der Waals surface area contributed by atoms with Crippen LogP contribution in [0.3, 0.4) is 0 Å². The van der Waals surface area contributed by atoms with Gasteiger partial charge in [0.15, 0.2) is 0 Å². The number of unbranched alkanes of at least 4 members (excludes halogenated alkanes) is 1. The van der Waals surface area contributed by atoms with Gasteiger partial charge in [0, 0.05) is 31.9 Å². The predicted molar refractivity (Wildman–Crippen MR) is 160 cm³/mol. The molecule has 0 aliphatic carbocycles. The van der Waals surface area contributed by atoms with Crippen LogP contribution in [0.1, 0.15) is 53.3 Å². The number of ether oxygens (including phenoxy) is 4. The Morgan fingerprint density at radius 2 is 1.09 bits per heavy atom. The number of nitrogens with zero attached hydrogens (tertiary/aromatic N) is 2. The summed E-state index contributed by atoms with van der Waals surface area (Å²) in [4.78, 5) is 53.4. The van der Waals surface area contributed by atoms with E-state index in [-0.39, 0.29) is 29.9 Å². The van der Waals surface area contributed by atoms with Crippen LogP contribution in [0.5, 0.6) is 17.2 Å². The molecule has 0 radical (unpaired) electrons. The Morgan fingerprint density at radius 1 is 0.628 bits per heavy atom. The van der Waals surface area contributed by atoms with E-state index in [4.69, 9.17) is 18.9 Å². The van der Waals surface area contributed by atoms with Crippen molar-refractivity contribution in [1.82, 2.24) is 4.90 Å². The van der Waals surface area contributed by atoms with Gasteiger partial charge in [0.25, 0.3) is 0 Å². The maximum atomic E-state index is 12.6. The molecule has 43 heavy (non-hydrogen) atoms. The van der Waals surface area contributed by atoms with Gasteiger partial charge < -0.3 is 28.7 Å². The quantitative estimate of drug-likeness (QED) is 0.164. The predicted octanol–water partition coefficient (Wildman–Crippen LogP) is 4.91. The highest BCUT2D eigenvalue weighted by atomic mass is 16.5. The minimum absolute atomic E-state index is 0.0618. The first-order valence-corrected chi connectivity index (χ1v) is 14.3. The van der Waals surface area contributed by atoms with E-state index in [0.717, 1.165) is 44.7 Å². The Bertz CT molecular complexity index is 1380. The minimum atomic E-state index is -0.622. The number of carbonyl (C=O) groups is 4. The maximum absolute atomic E-state index is 12.6. The second-order valence-electron chi connectivity index (χ2n) is 10.2. The fraction of sp³-hybridized carbons (Fsp3) is 0.333. The van der Waals surface area contributed by atoms with Gasteiger partial charge in [-0.05, 0) is 86.3 Å². The third-order valence-corrected chi connectivity index (χ3v) is 6.83. The monoisotopic (exact) mass is 588 g/mol. The van der Waals surface area contributed by atoms with Crippen molar-refractivity contribution in [3.05, 3.63) is 83.9 Å². The Hall–Kier alpha value is -4.70. The van der Waals surface area contributed by atoms with E-state index < -0.39 is 23.9 Å². The van der Waals surface area contributed by atoms with Gasteiger partial charge in [-0.3, -0.25) is 9.59 Å². The van der Waals surface area contributed by atoms with Crippen molar-refractivity contribution in [2.45, 2.75) is 32.6 Å². The molecule has 0 N–H and O–H groups in total. The lowest BCUT2D eigenvalue weighted by atomic mass is 10.2. The molecule has 0 spiro atoms. The second-order valence-corrected chi connectivity index (χ2v) is 10.2. The topological polar surface area (TPSA) is 112 Å². The maximum Gasteiger partial charge on any atom is 0.343 e. The molecular weight excluding hydrogens is 552 g/mol. The zero-order valence-corrected chi connectivity index (χ0v) is 24.5. The summed E-state index contributed by atoms with van der Waals surface area (Å²) < 4.78 is 21.1. The van der Waals surface area contributed by atoms with E-state index in [2.05, 4.69) is 16.8 Å². The number of benzene rings is 3. The van der Waals surface area contributed by atoms with Crippen molar-refractivity contribution >= 4 is 29.6 Å². The van der Waals surface area contributed by atoms with E-state index in [1.54, 1.807) is 12.1 Å². The SMILES string of the molecule is CCCCOC(=O)CCC(=O)Oc1ccc(C(=O)Oc2ccc(C(=O)Oc3ccc(N4CCN(C)CC4)cc3)cc2)cc1. The van der Waals surface area contributed by atoms with Gasteiger partial charge in [-0.25, -0.2) is 9.59 Å². The van der Waals surface area contributed by atoms with Crippen LogP contribution in [0.25, 0.3) is 0 Å². The van der Waals surface area contributed by atoms with Crippen molar-refractivity contribution in [3.63, 3.8) is 0 Å². The van der Waals surface area contributed by atoms with Crippen LogP contribution in [0.15, 0.2) is 72.8 Å². The molecule has 0 aromatic heterocycles. The molecule has 1 heterocycles. The summed E-state index contributed by atoms with van der Waals surface area (Å²) in [6.45, 7) is 6.24. The average molecular weight is 589 g/mol. The van der Waals surface area contributed by atoms with Gasteiger partial charge in [0.1, 0.15) is 17.2 Å². The zero-order chi connectivity index (χ0) is 30.6. The molecule has 0 bridgehead atoms. The summed E-state index contributed by atoms with van der Waals surface area (Å²) in [6, 6.07) is 19.4. The van der Waals surface area contributed by atoms with Crippen molar-refractivity contribution in [2.75, 3.05) is 44.7 Å². The summed E-state index contributed by atoms with van der Waals surface area (Å²) >= 11 is 0. The molecule has 0 atom stereocenters. The number of rotatable bonds is 12. The number of likely N-dealkylation sites (N-methyl/N-ethyl adjacent to an activating group) is 1. The zero-order valence-electron chi connectivity index (χ0n) is 24.5. The van der Waals surface area contributed by atoms with Gasteiger partial charge >= 0.3 is 23.9 Å². The lowest BCUT2D eigenvalue weighted by Crippen LogP contribution is -2.44. The summed E-state index contributed by atoms with van der Waals surface area (Å²) in [5.41, 5.74) is 1.64. The van der Waals surface area contributed by atoms with E-state index in [1.165, 1.54) is 48.5 Å². The summed E-state index contributed by atoms with van der Waals surface area (Å²) in [5.74, 6) is -1.24. The van der Waals surface area contributed by atoms with Crippen LogP contribution in [-0.4, -0.2) is 68.6 Å². The molecule has 0 unspecified atom stereocenters. The van der Waals surface area contributed by atoms with Crippen LogP contribution < -0.4 is 19.1 Å². The number of carbonyl (C=O) groups excluding carboxylic acids is 4. The van der Waals surface area contributed by atoms with E-state index in [0.29, 0.717) is 17.9 Å². The molecule has 1 saturated heterocycles. The average Bonchev–Trinajstić information content (AvgIpc) is 3.01. The summed E-state index contributed by atoms with van der Waals surface area (Å²) in [5, 5.41) is 0. The molecule has 1 fully saturated rings. The molecule has 226 valence electrons. The smallest absolute Gasteiger partial charge is 0.343 e. The van der Waals surface area contributed by atoms with Crippen LogP contribution in [0.2, 0.25) is 0 Å². The van der Waals surface area contributed by atoms with Gasteiger partial charge in [0.05, 0.1) is 30.6 Å². The third-order valence-electron chi connectivity index (χ3n) is 6.83. The number of hydrogen-bond acceptors (Lipinski definition) is 10. The first-order chi connectivity index (χ1) is 20.8. The minimum Gasteiger partial charge on any atom is -0.466 e. The van der Waals surface area contributed by atoms with Gasteiger partial charge in [-0.15, -0.1) is 0 Å². The highest BCUT2D eigenvalue weighted by Crippen LogP contribution is 2.22. The highest BCUT2D eigenvalue weighted by Gasteiger charge is 2.16. The molecule has 1 aliphatic heterocycles. The van der Waals surface area contributed by atoms with E-state index in [1.807, 2.05) is 19.1 Å². The Morgan fingerprint density at radius 3 is 1.60 bits per heavy atom. The van der Waals surface area contributed by atoms with E-state index >= 15 is 0 Å². The molecule has 3 aromatic rings. The normalized spacial score (nSPS) is 13.2. The molecule has 4 rings (SSSR count).